The molecule has 2 aromatic rings. The molecule has 2 rings (SSSR count). The standard InChI is InChI=1S/C20H23N3O7/c1-13(19(26)22-10-14-5-7-15(28-2)8-6-14)30-18(25)12-21-17(24)11-23-20(27)16-4-3-9-29-16/h3-9,13H,10-12H2,1-2H3,(H,21,24)(H,22,26)(H,23,27)/t13-/m0/s1. The van der Waals surface area contributed by atoms with E-state index in [9.17, 15) is 19.2 Å². The van der Waals surface area contributed by atoms with Crippen LogP contribution in [0, 0.1) is 0 Å². The number of benzene rings is 1. The van der Waals surface area contributed by atoms with Crippen LogP contribution in [0.25, 0.3) is 0 Å². The molecule has 0 spiro atoms. The van der Waals surface area contributed by atoms with Crippen molar-refractivity contribution in [1.29, 1.82) is 0 Å². The molecule has 0 fully saturated rings. The van der Waals surface area contributed by atoms with Gasteiger partial charge in [0.2, 0.25) is 5.91 Å². The number of hydrogen-bond acceptors (Lipinski definition) is 7. The second-order valence-corrected chi connectivity index (χ2v) is 6.13. The van der Waals surface area contributed by atoms with Gasteiger partial charge in [-0.25, -0.2) is 0 Å². The first kappa shape index (κ1) is 22.5. The third-order valence-corrected chi connectivity index (χ3v) is 3.89. The SMILES string of the molecule is COc1ccc(CNC(=O)[C@H](C)OC(=O)CNC(=O)CNC(=O)c2ccco2)cc1. The molecule has 0 bridgehead atoms. The van der Waals surface area contributed by atoms with Gasteiger partial charge in [-0.05, 0) is 36.8 Å². The first-order valence-electron chi connectivity index (χ1n) is 9.07. The maximum absolute atomic E-state index is 12.0. The third kappa shape index (κ3) is 7.30. The Morgan fingerprint density at radius 3 is 2.37 bits per heavy atom. The topological polar surface area (TPSA) is 136 Å². The van der Waals surface area contributed by atoms with Crippen molar-refractivity contribution in [2.75, 3.05) is 20.2 Å². The molecular formula is C20H23N3O7. The Morgan fingerprint density at radius 2 is 1.73 bits per heavy atom. The molecule has 10 heteroatoms. The number of esters is 1. The number of furan rings is 1. The van der Waals surface area contributed by atoms with Crippen LogP contribution < -0.4 is 20.7 Å². The van der Waals surface area contributed by atoms with Gasteiger partial charge in [0.1, 0.15) is 12.3 Å². The highest BCUT2D eigenvalue weighted by atomic mass is 16.5. The van der Waals surface area contributed by atoms with Crippen LogP contribution in [0.3, 0.4) is 0 Å². The molecule has 30 heavy (non-hydrogen) atoms. The highest BCUT2D eigenvalue weighted by molar-refractivity contribution is 5.94. The van der Waals surface area contributed by atoms with Gasteiger partial charge in [0.05, 0.1) is 19.9 Å². The lowest BCUT2D eigenvalue weighted by molar-refractivity contribution is -0.154. The van der Waals surface area contributed by atoms with Crippen molar-refractivity contribution in [3.63, 3.8) is 0 Å². The number of amides is 3. The molecule has 0 aliphatic heterocycles. The van der Waals surface area contributed by atoms with Crippen LogP contribution in [0.4, 0.5) is 0 Å². The maximum Gasteiger partial charge on any atom is 0.326 e. The van der Waals surface area contributed by atoms with Gasteiger partial charge in [0, 0.05) is 6.54 Å². The van der Waals surface area contributed by atoms with E-state index >= 15 is 0 Å². The lowest BCUT2D eigenvalue weighted by atomic mass is 10.2. The van der Waals surface area contributed by atoms with Crippen molar-refractivity contribution < 1.29 is 33.1 Å². The molecule has 160 valence electrons. The largest absolute Gasteiger partial charge is 0.497 e. The van der Waals surface area contributed by atoms with E-state index in [2.05, 4.69) is 16.0 Å². The number of methoxy groups -OCH3 is 1. The fourth-order valence-electron chi connectivity index (χ4n) is 2.26. The van der Waals surface area contributed by atoms with Crippen LogP contribution in [0.1, 0.15) is 23.0 Å². The number of carbonyl (C=O) groups excluding carboxylic acids is 4. The molecule has 10 nitrogen and oxygen atoms in total. The van der Waals surface area contributed by atoms with Gasteiger partial charge in [0.25, 0.3) is 11.8 Å². The molecule has 1 heterocycles. The summed E-state index contributed by atoms with van der Waals surface area (Å²) in [7, 11) is 1.56. The van der Waals surface area contributed by atoms with Gasteiger partial charge < -0.3 is 29.8 Å². The van der Waals surface area contributed by atoms with E-state index in [1.165, 1.54) is 19.3 Å². The molecule has 0 aliphatic rings. The smallest absolute Gasteiger partial charge is 0.326 e. The van der Waals surface area contributed by atoms with Gasteiger partial charge in [-0.3, -0.25) is 19.2 Å². The summed E-state index contributed by atoms with van der Waals surface area (Å²) in [6, 6.07) is 10.1. The van der Waals surface area contributed by atoms with Gasteiger partial charge in [-0.1, -0.05) is 12.1 Å². The Balaban J connectivity index is 1.64. The zero-order valence-corrected chi connectivity index (χ0v) is 16.6. The van der Waals surface area contributed by atoms with E-state index < -0.39 is 36.3 Å². The zero-order chi connectivity index (χ0) is 21.9. The Bertz CT molecular complexity index is 863. The lowest BCUT2D eigenvalue weighted by Crippen LogP contribution is -2.41. The normalized spacial score (nSPS) is 11.1. The van der Waals surface area contributed by atoms with Crippen molar-refractivity contribution in [3.05, 3.63) is 54.0 Å². The van der Waals surface area contributed by atoms with Crippen LogP contribution in [0.2, 0.25) is 0 Å². The zero-order valence-electron chi connectivity index (χ0n) is 16.6. The summed E-state index contributed by atoms with van der Waals surface area (Å²) >= 11 is 0. The molecule has 0 radical (unpaired) electrons. The molecular weight excluding hydrogens is 394 g/mol. The number of ether oxygens (including phenoxy) is 2. The molecule has 1 aromatic carbocycles. The molecule has 1 aromatic heterocycles. The fourth-order valence-corrected chi connectivity index (χ4v) is 2.26. The maximum atomic E-state index is 12.0. The lowest BCUT2D eigenvalue weighted by Gasteiger charge is -2.14. The van der Waals surface area contributed by atoms with Gasteiger partial charge in [0.15, 0.2) is 11.9 Å². The van der Waals surface area contributed by atoms with Crippen LogP contribution in [-0.2, 0) is 25.7 Å². The third-order valence-electron chi connectivity index (χ3n) is 3.89. The van der Waals surface area contributed by atoms with Crippen molar-refractivity contribution in [2.45, 2.75) is 19.6 Å². The Hall–Kier alpha value is -3.82. The van der Waals surface area contributed by atoms with E-state index in [4.69, 9.17) is 13.9 Å². The Kier molecular flexibility index (Phi) is 8.42. The summed E-state index contributed by atoms with van der Waals surface area (Å²) in [5.41, 5.74) is 0.853. The average Bonchev–Trinajstić information content (AvgIpc) is 3.29. The van der Waals surface area contributed by atoms with Crippen LogP contribution in [0.15, 0.2) is 47.1 Å². The van der Waals surface area contributed by atoms with Crippen molar-refractivity contribution >= 4 is 23.7 Å². The first-order valence-corrected chi connectivity index (χ1v) is 9.07. The number of carbonyl (C=O) groups is 4. The van der Waals surface area contributed by atoms with E-state index in [0.29, 0.717) is 5.75 Å². The number of hydrogen-bond donors (Lipinski definition) is 3. The van der Waals surface area contributed by atoms with E-state index in [0.717, 1.165) is 5.56 Å². The number of rotatable bonds is 10. The number of nitrogens with one attached hydrogen (secondary N) is 3. The molecule has 0 unspecified atom stereocenters. The quantitative estimate of drug-likeness (QED) is 0.476. The molecule has 3 N–H and O–H groups in total. The minimum absolute atomic E-state index is 0.0664. The van der Waals surface area contributed by atoms with E-state index in [1.807, 2.05) is 0 Å². The molecule has 0 saturated carbocycles. The minimum atomic E-state index is -1.04. The molecule has 0 saturated heterocycles. The van der Waals surface area contributed by atoms with E-state index in [1.54, 1.807) is 37.4 Å². The monoisotopic (exact) mass is 417 g/mol. The summed E-state index contributed by atoms with van der Waals surface area (Å²) in [6.07, 6.45) is 0.297. The molecule has 1 atom stereocenters. The van der Waals surface area contributed by atoms with Crippen molar-refractivity contribution in [2.24, 2.45) is 0 Å². The summed E-state index contributed by atoms with van der Waals surface area (Å²) in [6.45, 7) is 0.903. The second kappa shape index (κ2) is 11.2. The van der Waals surface area contributed by atoms with Crippen molar-refractivity contribution in [1.82, 2.24) is 16.0 Å². The predicted octanol–water partition coefficient (Wildman–Crippen LogP) is 0.382. The Labute approximate surface area is 172 Å². The predicted molar refractivity (Wildman–Crippen MR) is 104 cm³/mol. The van der Waals surface area contributed by atoms with Gasteiger partial charge >= 0.3 is 5.97 Å². The highest BCUT2D eigenvalue weighted by Crippen LogP contribution is 2.11. The summed E-state index contributed by atoms with van der Waals surface area (Å²) in [5.74, 6) is -1.64. The fraction of sp³-hybridized carbons (Fsp3) is 0.300. The van der Waals surface area contributed by atoms with Crippen LogP contribution >= 0.6 is 0 Å². The minimum Gasteiger partial charge on any atom is -0.497 e. The molecule has 0 aliphatic carbocycles. The summed E-state index contributed by atoms with van der Waals surface area (Å²) < 4.78 is 14.9. The second-order valence-electron chi connectivity index (χ2n) is 6.13. The van der Waals surface area contributed by atoms with Crippen molar-refractivity contribution in [3.8, 4) is 5.75 Å². The molecule has 3 amide bonds. The Morgan fingerprint density at radius 1 is 1.00 bits per heavy atom. The summed E-state index contributed by atoms with van der Waals surface area (Å²) in [4.78, 5) is 47.2. The van der Waals surface area contributed by atoms with Gasteiger partial charge in [-0.15, -0.1) is 0 Å². The van der Waals surface area contributed by atoms with Gasteiger partial charge in [-0.2, -0.15) is 0 Å². The summed E-state index contributed by atoms with van der Waals surface area (Å²) in [5, 5.41) is 7.28. The van der Waals surface area contributed by atoms with E-state index in [-0.39, 0.29) is 18.8 Å². The highest BCUT2D eigenvalue weighted by Gasteiger charge is 2.18. The first-order chi connectivity index (χ1) is 14.4. The van der Waals surface area contributed by atoms with Crippen LogP contribution in [-0.4, -0.2) is 50.0 Å². The van der Waals surface area contributed by atoms with Crippen LogP contribution in [0.5, 0.6) is 5.75 Å². The average molecular weight is 417 g/mol.